The number of nitrogens with one attached hydrogen (secondary N) is 2. The van der Waals surface area contributed by atoms with Gasteiger partial charge in [-0.15, -0.1) is 0 Å². The minimum Gasteiger partial charge on any atom is -0.341 e. The second-order valence-electron chi connectivity index (χ2n) is 4.43. The Morgan fingerprint density at radius 2 is 1.81 bits per heavy atom. The Bertz CT molecular complexity index is 690. The molecule has 1 aromatic carbocycles. The van der Waals surface area contributed by atoms with Gasteiger partial charge in [0.15, 0.2) is 0 Å². The third-order valence-corrected chi connectivity index (χ3v) is 4.00. The minimum atomic E-state index is -0.520. The quantitative estimate of drug-likeness (QED) is 0.846. The maximum absolute atomic E-state index is 11.9. The van der Waals surface area contributed by atoms with Gasteiger partial charge >= 0.3 is 6.03 Å². The van der Waals surface area contributed by atoms with E-state index in [0.29, 0.717) is 5.03 Å². The zero-order valence-corrected chi connectivity index (χ0v) is 12.8. The smallest absolute Gasteiger partial charge is 0.321 e. The van der Waals surface area contributed by atoms with Crippen LogP contribution in [0, 0.1) is 6.92 Å². The number of urea groups is 1. The normalized spacial score (nSPS) is 12.0. The molecule has 2 aromatic rings. The van der Waals surface area contributed by atoms with Gasteiger partial charge in [-0.2, -0.15) is 0 Å². The number of fused-ring (bicyclic) bond motifs is 1. The molecule has 110 valence electrons. The first kappa shape index (κ1) is 15.2. The SMILES string of the molecule is CNC(=O)NC(=O)[C@@H](C)Sc1nc2ccccc2nc1C. The molecular formula is C14H16N4O2S. The average Bonchev–Trinajstić information content (AvgIpc) is 2.47. The Hall–Kier alpha value is -2.15. The lowest BCUT2D eigenvalue weighted by Crippen LogP contribution is -2.41. The van der Waals surface area contributed by atoms with Gasteiger partial charge in [0.05, 0.1) is 22.0 Å². The van der Waals surface area contributed by atoms with Crippen molar-refractivity contribution in [2.75, 3.05) is 7.05 Å². The molecule has 3 amide bonds. The molecule has 0 aliphatic carbocycles. The van der Waals surface area contributed by atoms with Crippen LogP contribution in [0.25, 0.3) is 11.0 Å². The number of nitrogens with zero attached hydrogens (tertiary/aromatic N) is 2. The topological polar surface area (TPSA) is 84.0 Å². The summed E-state index contributed by atoms with van der Waals surface area (Å²) in [6, 6.07) is 7.05. The highest BCUT2D eigenvalue weighted by Crippen LogP contribution is 2.25. The van der Waals surface area contributed by atoms with Gasteiger partial charge in [0.2, 0.25) is 5.91 Å². The standard InChI is InChI=1S/C14H16N4O2S/c1-8-13(17-11-7-5-4-6-10(11)16-8)21-9(2)12(19)18-14(20)15-3/h4-7,9H,1-3H3,(H2,15,18,19,20)/t9-/m1/s1. The van der Waals surface area contributed by atoms with Crippen LogP contribution in [-0.4, -0.2) is 34.2 Å². The highest BCUT2D eigenvalue weighted by atomic mass is 32.2. The first-order chi connectivity index (χ1) is 10.0. The van der Waals surface area contributed by atoms with Crippen molar-refractivity contribution in [3.05, 3.63) is 30.0 Å². The molecule has 0 bridgehead atoms. The first-order valence-electron chi connectivity index (χ1n) is 6.44. The van der Waals surface area contributed by atoms with Gasteiger partial charge in [0.25, 0.3) is 0 Å². The zero-order valence-electron chi connectivity index (χ0n) is 12.0. The van der Waals surface area contributed by atoms with Gasteiger partial charge in [0, 0.05) is 7.05 Å². The van der Waals surface area contributed by atoms with Crippen LogP contribution in [0.5, 0.6) is 0 Å². The van der Waals surface area contributed by atoms with Crippen LogP contribution in [0.2, 0.25) is 0 Å². The fraction of sp³-hybridized carbons (Fsp3) is 0.286. The number of thioether (sulfide) groups is 1. The van der Waals surface area contributed by atoms with Crippen LogP contribution in [0.3, 0.4) is 0 Å². The van der Waals surface area contributed by atoms with Crippen molar-refractivity contribution in [2.24, 2.45) is 0 Å². The van der Waals surface area contributed by atoms with Crippen LogP contribution in [-0.2, 0) is 4.79 Å². The summed E-state index contributed by atoms with van der Waals surface area (Å²) in [5, 5.41) is 4.83. The van der Waals surface area contributed by atoms with Gasteiger partial charge in [-0.25, -0.2) is 14.8 Å². The Morgan fingerprint density at radius 3 is 2.43 bits per heavy atom. The molecule has 0 radical (unpaired) electrons. The highest BCUT2D eigenvalue weighted by Gasteiger charge is 2.18. The number of aryl methyl sites for hydroxylation is 1. The molecule has 2 rings (SSSR count). The average molecular weight is 304 g/mol. The molecule has 0 aliphatic rings. The van der Waals surface area contributed by atoms with E-state index in [1.54, 1.807) is 6.92 Å². The number of hydrogen-bond donors (Lipinski definition) is 2. The molecule has 0 unspecified atom stereocenters. The van der Waals surface area contributed by atoms with Crippen LogP contribution in [0.1, 0.15) is 12.6 Å². The fourth-order valence-corrected chi connectivity index (χ4v) is 2.55. The molecule has 0 aliphatic heterocycles. The summed E-state index contributed by atoms with van der Waals surface area (Å²) in [6.45, 7) is 3.57. The molecule has 6 nitrogen and oxygen atoms in total. The predicted octanol–water partition coefficient (Wildman–Crippen LogP) is 1.87. The Balaban J connectivity index is 2.17. The first-order valence-corrected chi connectivity index (χ1v) is 7.32. The van der Waals surface area contributed by atoms with E-state index in [9.17, 15) is 9.59 Å². The minimum absolute atomic E-state index is 0.367. The number of imide groups is 1. The van der Waals surface area contributed by atoms with Crippen LogP contribution < -0.4 is 10.6 Å². The largest absolute Gasteiger partial charge is 0.341 e. The summed E-state index contributed by atoms with van der Waals surface area (Å²) in [5.41, 5.74) is 2.37. The van der Waals surface area contributed by atoms with Gasteiger partial charge in [-0.05, 0) is 26.0 Å². The van der Waals surface area contributed by atoms with Crippen LogP contribution in [0.4, 0.5) is 4.79 Å². The molecule has 0 fully saturated rings. The maximum Gasteiger partial charge on any atom is 0.321 e. The zero-order chi connectivity index (χ0) is 15.4. The summed E-state index contributed by atoms with van der Waals surface area (Å²) in [4.78, 5) is 32.0. The van der Waals surface area contributed by atoms with Crippen LogP contribution in [0.15, 0.2) is 29.3 Å². The molecule has 1 atom stereocenters. The fourth-order valence-electron chi connectivity index (χ4n) is 1.68. The molecule has 1 heterocycles. The van der Waals surface area contributed by atoms with E-state index < -0.39 is 11.3 Å². The molecule has 0 saturated carbocycles. The van der Waals surface area contributed by atoms with Crippen molar-refractivity contribution in [2.45, 2.75) is 24.1 Å². The summed E-state index contributed by atoms with van der Waals surface area (Å²) in [6.07, 6.45) is 0. The van der Waals surface area contributed by atoms with Gasteiger partial charge in [-0.3, -0.25) is 10.1 Å². The lowest BCUT2D eigenvalue weighted by Gasteiger charge is -2.12. The molecule has 21 heavy (non-hydrogen) atoms. The van der Waals surface area contributed by atoms with E-state index in [1.165, 1.54) is 18.8 Å². The van der Waals surface area contributed by atoms with Gasteiger partial charge in [0.1, 0.15) is 5.03 Å². The van der Waals surface area contributed by atoms with Crippen molar-refractivity contribution in [1.82, 2.24) is 20.6 Å². The third-order valence-electron chi connectivity index (χ3n) is 2.82. The van der Waals surface area contributed by atoms with E-state index in [1.807, 2.05) is 31.2 Å². The molecule has 2 N–H and O–H groups in total. The van der Waals surface area contributed by atoms with E-state index in [2.05, 4.69) is 20.6 Å². The number of hydrogen-bond acceptors (Lipinski definition) is 5. The lowest BCUT2D eigenvalue weighted by molar-refractivity contribution is -0.119. The number of carbonyl (C=O) groups is 2. The van der Waals surface area contributed by atoms with Crippen molar-refractivity contribution in [3.8, 4) is 0 Å². The second-order valence-corrected chi connectivity index (χ2v) is 5.76. The molecular weight excluding hydrogens is 288 g/mol. The summed E-state index contributed by atoms with van der Waals surface area (Å²) in [7, 11) is 1.46. The molecule has 0 saturated heterocycles. The number of benzene rings is 1. The van der Waals surface area contributed by atoms with Crippen LogP contribution >= 0.6 is 11.8 Å². The van der Waals surface area contributed by atoms with Crippen molar-refractivity contribution >= 4 is 34.7 Å². The van der Waals surface area contributed by atoms with E-state index in [0.717, 1.165) is 16.7 Å². The highest BCUT2D eigenvalue weighted by molar-refractivity contribution is 8.00. The number of para-hydroxylation sites is 2. The van der Waals surface area contributed by atoms with E-state index >= 15 is 0 Å². The summed E-state index contributed by atoms with van der Waals surface area (Å²) in [5.74, 6) is -0.367. The number of rotatable bonds is 3. The third kappa shape index (κ3) is 3.69. The summed E-state index contributed by atoms with van der Waals surface area (Å²) < 4.78 is 0. The molecule has 0 spiro atoms. The second kappa shape index (κ2) is 6.53. The van der Waals surface area contributed by atoms with Gasteiger partial charge < -0.3 is 5.32 Å². The Morgan fingerprint density at radius 1 is 1.19 bits per heavy atom. The van der Waals surface area contributed by atoms with Crippen molar-refractivity contribution < 1.29 is 9.59 Å². The predicted molar refractivity (Wildman–Crippen MR) is 82.2 cm³/mol. The maximum atomic E-state index is 11.9. The molecule has 1 aromatic heterocycles. The van der Waals surface area contributed by atoms with E-state index in [4.69, 9.17) is 0 Å². The lowest BCUT2D eigenvalue weighted by atomic mass is 10.3. The van der Waals surface area contributed by atoms with E-state index in [-0.39, 0.29) is 5.91 Å². The number of amides is 3. The monoisotopic (exact) mass is 304 g/mol. The number of aromatic nitrogens is 2. The van der Waals surface area contributed by atoms with Crippen molar-refractivity contribution in [1.29, 1.82) is 0 Å². The Labute approximate surface area is 126 Å². The molecule has 7 heteroatoms. The van der Waals surface area contributed by atoms with Crippen molar-refractivity contribution in [3.63, 3.8) is 0 Å². The Kier molecular flexibility index (Phi) is 4.74. The number of carbonyl (C=O) groups excluding carboxylic acids is 2. The summed E-state index contributed by atoms with van der Waals surface area (Å²) >= 11 is 1.28. The van der Waals surface area contributed by atoms with Gasteiger partial charge in [-0.1, -0.05) is 23.9 Å².